The number of sulfonamides is 1. The highest BCUT2D eigenvalue weighted by atomic mass is 32.2. The van der Waals surface area contributed by atoms with E-state index in [1.54, 1.807) is 12.1 Å². The van der Waals surface area contributed by atoms with Gasteiger partial charge in [0.15, 0.2) is 16.6 Å². The summed E-state index contributed by atoms with van der Waals surface area (Å²) < 4.78 is 29.1. The Labute approximate surface area is 207 Å². The highest BCUT2D eigenvalue weighted by molar-refractivity contribution is 7.89. The first kappa shape index (κ1) is 23.6. The first-order valence-electron chi connectivity index (χ1n) is 11.1. The van der Waals surface area contributed by atoms with Crippen LogP contribution in [0.4, 0.5) is 22.3 Å². The SMILES string of the molecule is NS(=O)(=O)c1ccc(Nc2nc3ncnc(Nc4ccc(CCN5CCOCC5)cc4)c3s2)cc1. The molecule has 0 radical (unpaired) electrons. The van der Waals surface area contributed by atoms with Crippen molar-refractivity contribution in [2.45, 2.75) is 11.3 Å². The van der Waals surface area contributed by atoms with E-state index in [2.05, 4.69) is 54.8 Å². The van der Waals surface area contributed by atoms with Crippen LogP contribution in [0.1, 0.15) is 5.56 Å². The van der Waals surface area contributed by atoms with Crippen LogP contribution < -0.4 is 15.8 Å². The van der Waals surface area contributed by atoms with Gasteiger partial charge in [0.25, 0.3) is 0 Å². The molecular weight excluding hydrogens is 486 g/mol. The molecule has 12 heteroatoms. The minimum Gasteiger partial charge on any atom is -0.379 e. The summed E-state index contributed by atoms with van der Waals surface area (Å²) in [5.74, 6) is 0.672. The van der Waals surface area contributed by atoms with E-state index in [1.807, 2.05) is 0 Å². The number of ether oxygens (including phenoxy) is 1. The maximum atomic E-state index is 11.4. The van der Waals surface area contributed by atoms with Crippen LogP contribution in [0.25, 0.3) is 10.3 Å². The summed E-state index contributed by atoms with van der Waals surface area (Å²) >= 11 is 1.41. The molecule has 0 amide bonds. The van der Waals surface area contributed by atoms with Crippen LogP contribution in [-0.2, 0) is 21.2 Å². The molecule has 35 heavy (non-hydrogen) atoms. The number of aromatic nitrogens is 3. The number of hydrogen-bond acceptors (Lipinski definition) is 10. The number of morpholine rings is 1. The maximum Gasteiger partial charge on any atom is 0.238 e. The topological polar surface area (TPSA) is 135 Å². The molecule has 4 N–H and O–H groups in total. The second-order valence-corrected chi connectivity index (χ2v) is 10.7. The van der Waals surface area contributed by atoms with Gasteiger partial charge in [0.2, 0.25) is 10.0 Å². The molecule has 2 aromatic heterocycles. The number of thiazole rings is 1. The average Bonchev–Trinajstić information content (AvgIpc) is 3.27. The molecule has 1 aliphatic rings. The first-order chi connectivity index (χ1) is 16.9. The third kappa shape index (κ3) is 5.92. The molecule has 3 heterocycles. The lowest BCUT2D eigenvalue weighted by atomic mass is 10.1. The van der Waals surface area contributed by atoms with E-state index in [9.17, 15) is 8.42 Å². The summed E-state index contributed by atoms with van der Waals surface area (Å²) in [7, 11) is -3.73. The average molecular weight is 512 g/mol. The highest BCUT2D eigenvalue weighted by Gasteiger charge is 2.13. The fourth-order valence-corrected chi connectivity index (χ4v) is 5.15. The smallest absolute Gasteiger partial charge is 0.238 e. The van der Waals surface area contributed by atoms with Crippen molar-refractivity contribution >= 4 is 54.0 Å². The van der Waals surface area contributed by atoms with Crippen LogP contribution in [0, 0.1) is 0 Å². The summed E-state index contributed by atoms with van der Waals surface area (Å²) in [4.78, 5) is 15.7. The van der Waals surface area contributed by atoms with Crippen LogP contribution in [0.5, 0.6) is 0 Å². The second kappa shape index (κ2) is 10.2. The summed E-state index contributed by atoms with van der Waals surface area (Å²) in [5.41, 5.74) is 3.47. The van der Waals surface area contributed by atoms with E-state index in [0.717, 1.165) is 49.7 Å². The number of benzene rings is 2. The Kier molecular flexibility index (Phi) is 6.88. The van der Waals surface area contributed by atoms with Gasteiger partial charge >= 0.3 is 0 Å². The van der Waals surface area contributed by atoms with Crippen molar-refractivity contribution < 1.29 is 13.2 Å². The third-order valence-corrected chi connectivity index (χ3v) is 7.56. The van der Waals surface area contributed by atoms with Crippen molar-refractivity contribution in [1.82, 2.24) is 19.9 Å². The zero-order valence-corrected chi connectivity index (χ0v) is 20.5. The molecular formula is C23H25N7O3S2. The van der Waals surface area contributed by atoms with Crippen molar-refractivity contribution in [2.24, 2.45) is 5.14 Å². The number of fused-ring (bicyclic) bond motifs is 1. The highest BCUT2D eigenvalue weighted by Crippen LogP contribution is 2.32. The van der Waals surface area contributed by atoms with Gasteiger partial charge in [0.05, 0.1) is 18.1 Å². The standard InChI is InChI=1S/C23H25N7O3S2/c24-35(31,32)19-7-5-18(6-8-19)28-23-29-22-20(34-23)21(25-15-26-22)27-17-3-1-16(2-4-17)9-10-30-11-13-33-14-12-30/h1-8,15H,9-14H2,(H2,24,31,32)(H2,25,26,27,28,29). The molecule has 1 fully saturated rings. The van der Waals surface area contributed by atoms with Crippen molar-refractivity contribution in [3.8, 4) is 0 Å². The van der Waals surface area contributed by atoms with E-state index in [-0.39, 0.29) is 4.90 Å². The molecule has 0 bridgehead atoms. The van der Waals surface area contributed by atoms with E-state index in [1.165, 1.54) is 35.4 Å². The van der Waals surface area contributed by atoms with E-state index >= 15 is 0 Å². The normalized spacial score (nSPS) is 14.8. The number of nitrogens with one attached hydrogen (secondary N) is 2. The molecule has 0 atom stereocenters. The molecule has 182 valence electrons. The van der Waals surface area contributed by atoms with Gasteiger partial charge in [-0.05, 0) is 48.4 Å². The van der Waals surface area contributed by atoms with Gasteiger partial charge in [-0.25, -0.2) is 23.5 Å². The number of nitrogens with zero attached hydrogens (tertiary/aromatic N) is 4. The molecule has 0 unspecified atom stereocenters. The first-order valence-corrected chi connectivity index (χ1v) is 13.5. The van der Waals surface area contributed by atoms with Crippen LogP contribution in [0.15, 0.2) is 59.8 Å². The number of nitrogens with two attached hydrogens (primary N) is 1. The van der Waals surface area contributed by atoms with E-state index in [4.69, 9.17) is 9.88 Å². The zero-order chi connectivity index (χ0) is 24.3. The number of anilines is 4. The summed E-state index contributed by atoms with van der Waals surface area (Å²) in [6.07, 6.45) is 2.48. The lowest BCUT2D eigenvalue weighted by molar-refractivity contribution is 0.0384. The monoisotopic (exact) mass is 511 g/mol. The largest absolute Gasteiger partial charge is 0.379 e. The lowest BCUT2D eigenvalue weighted by Gasteiger charge is -2.26. The van der Waals surface area contributed by atoms with Gasteiger partial charge in [-0.1, -0.05) is 23.5 Å². The minimum atomic E-state index is -3.73. The fraction of sp³-hybridized carbons (Fsp3) is 0.261. The van der Waals surface area contributed by atoms with Crippen LogP contribution in [0.3, 0.4) is 0 Å². The minimum absolute atomic E-state index is 0.0526. The number of rotatable bonds is 8. The van der Waals surface area contributed by atoms with E-state index < -0.39 is 10.0 Å². The molecule has 0 saturated carbocycles. The molecule has 0 spiro atoms. The molecule has 2 aromatic carbocycles. The van der Waals surface area contributed by atoms with Crippen LogP contribution >= 0.6 is 11.3 Å². The van der Waals surface area contributed by atoms with Gasteiger partial charge in [-0.2, -0.15) is 4.98 Å². The Hall–Kier alpha value is -3.16. The summed E-state index contributed by atoms with van der Waals surface area (Å²) in [6, 6.07) is 14.5. The molecule has 5 rings (SSSR count). The van der Waals surface area contributed by atoms with Crippen LogP contribution in [0.2, 0.25) is 0 Å². The Bertz CT molecular complexity index is 1400. The van der Waals surface area contributed by atoms with E-state index in [0.29, 0.717) is 22.3 Å². The Morgan fingerprint density at radius 3 is 2.37 bits per heavy atom. The van der Waals surface area contributed by atoms with Gasteiger partial charge in [0.1, 0.15) is 11.0 Å². The van der Waals surface area contributed by atoms with Gasteiger partial charge in [-0.15, -0.1) is 0 Å². The molecule has 1 aliphatic heterocycles. The van der Waals surface area contributed by atoms with Crippen molar-refractivity contribution in [3.05, 3.63) is 60.4 Å². The maximum absolute atomic E-state index is 11.4. The summed E-state index contributed by atoms with van der Waals surface area (Å²) in [5, 5.41) is 12.3. The second-order valence-electron chi connectivity index (χ2n) is 8.11. The Morgan fingerprint density at radius 2 is 1.66 bits per heavy atom. The fourth-order valence-electron chi connectivity index (χ4n) is 3.75. The summed E-state index contributed by atoms with van der Waals surface area (Å²) in [6.45, 7) is 4.65. The molecule has 4 aromatic rings. The van der Waals surface area contributed by atoms with Crippen molar-refractivity contribution in [3.63, 3.8) is 0 Å². The van der Waals surface area contributed by atoms with Gasteiger partial charge < -0.3 is 15.4 Å². The molecule has 10 nitrogen and oxygen atoms in total. The lowest BCUT2D eigenvalue weighted by Crippen LogP contribution is -2.37. The predicted molar refractivity (Wildman–Crippen MR) is 137 cm³/mol. The van der Waals surface area contributed by atoms with Crippen molar-refractivity contribution in [2.75, 3.05) is 43.5 Å². The Morgan fingerprint density at radius 1 is 0.971 bits per heavy atom. The molecule has 1 saturated heterocycles. The molecule has 0 aliphatic carbocycles. The number of primary sulfonamides is 1. The van der Waals surface area contributed by atoms with Gasteiger partial charge in [0, 0.05) is 31.0 Å². The van der Waals surface area contributed by atoms with Crippen molar-refractivity contribution in [1.29, 1.82) is 0 Å². The zero-order valence-electron chi connectivity index (χ0n) is 18.8. The third-order valence-electron chi connectivity index (χ3n) is 5.66. The number of hydrogen-bond donors (Lipinski definition) is 3. The Balaban J connectivity index is 1.26. The van der Waals surface area contributed by atoms with Crippen LogP contribution in [-0.4, -0.2) is 61.1 Å². The predicted octanol–water partition coefficient (Wildman–Crippen LogP) is 3.10. The quantitative estimate of drug-likeness (QED) is 0.326. The van der Waals surface area contributed by atoms with Gasteiger partial charge in [-0.3, -0.25) is 4.90 Å².